The largest absolute Gasteiger partial charge is 0.455 e. The Kier molecular flexibility index (Phi) is 17.9. The van der Waals surface area contributed by atoms with Gasteiger partial charge in [-0.1, -0.05) is 38.1 Å². The van der Waals surface area contributed by atoms with Crippen LogP contribution in [-0.4, -0.2) is 172 Å². The molecule has 3 aliphatic rings. The van der Waals surface area contributed by atoms with E-state index in [4.69, 9.17) is 35.2 Å². The summed E-state index contributed by atoms with van der Waals surface area (Å²) < 4.78 is 35.3. The van der Waals surface area contributed by atoms with Crippen LogP contribution in [0.4, 0.5) is 16.3 Å². The minimum absolute atomic E-state index is 0.0512. The molecule has 2 unspecified atom stereocenters. The number of ketones is 1. The number of amides is 1. The fourth-order valence-electron chi connectivity index (χ4n) is 10.6. The molecule has 13 atom stereocenters. The van der Waals surface area contributed by atoms with Crippen molar-refractivity contribution in [2.45, 2.75) is 147 Å². The number of cyclic esters (lactones) is 1. The number of aliphatic hydroxyl groups is 1. The Morgan fingerprint density at radius 1 is 1.03 bits per heavy atom. The third-order valence-corrected chi connectivity index (χ3v) is 14.4. The maximum Gasteiger partial charge on any atom is 0.412 e. The number of methoxy groups -OCH3 is 1. The number of likely N-dealkylation sites (N-methyl/N-ethyl adjacent to an activating group) is 1. The zero-order chi connectivity index (χ0) is 51.2. The molecule has 21 heteroatoms. The second-order valence-electron chi connectivity index (χ2n) is 20.3. The molecule has 1 amide bonds. The lowest BCUT2D eigenvalue weighted by molar-refractivity contribution is -0.295. The van der Waals surface area contributed by atoms with Gasteiger partial charge in [-0.05, 0) is 125 Å². The first-order valence-corrected chi connectivity index (χ1v) is 24.6. The van der Waals surface area contributed by atoms with Crippen molar-refractivity contribution in [3.05, 3.63) is 53.2 Å². The van der Waals surface area contributed by atoms with Crippen molar-refractivity contribution in [2.24, 2.45) is 17.8 Å². The number of unbranched alkanes of at least 4 members (excludes halogenated alkanes) is 1. The van der Waals surface area contributed by atoms with Crippen molar-refractivity contribution in [3.8, 4) is 11.3 Å². The van der Waals surface area contributed by atoms with Crippen LogP contribution in [0.5, 0.6) is 0 Å². The first-order valence-electron chi connectivity index (χ1n) is 24.6. The van der Waals surface area contributed by atoms with E-state index in [0.29, 0.717) is 63.1 Å². The Bertz CT molecular complexity index is 2310. The summed E-state index contributed by atoms with van der Waals surface area (Å²) in [6, 6.07) is 6.97. The number of carbonyl (C=O) groups is 3. The van der Waals surface area contributed by atoms with E-state index in [1.807, 2.05) is 83.2 Å². The molecule has 0 aliphatic carbocycles. The molecule has 70 heavy (non-hydrogen) atoms. The lowest BCUT2D eigenvalue weighted by atomic mass is 9.78. The van der Waals surface area contributed by atoms with E-state index in [1.165, 1.54) is 23.8 Å². The van der Waals surface area contributed by atoms with Gasteiger partial charge in [0.1, 0.15) is 29.6 Å². The maximum atomic E-state index is 14.8. The molecule has 0 radical (unpaired) electrons. The highest BCUT2D eigenvalue weighted by Gasteiger charge is 2.64. The van der Waals surface area contributed by atoms with Crippen LogP contribution in [0.3, 0.4) is 0 Å². The van der Waals surface area contributed by atoms with Crippen LogP contribution >= 0.6 is 0 Å². The molecule has 5 heterocycles. The summed E-state index contributed by atoms with van der Waals surface area (Å²) in [6.07, 6.45) is 0.284. The van der Waals surface area contributed by atoms with Crippen LogP contribution in [0.25, 0.3) is 11.3 Å². The Hall–Kier alpha value is -5.03. The Labute approximate surface area is 411 Å². The summed E-state index contributed by atoms with van der Waals surface area (Å²) in [5.41, 5.74) is 10.2. The third kappa shape index (κ3) is 11.8. The van der Waals surface area contributed by atoms with Gasteiger partial charge in [-0.3, -0.25) is 23.7 Å². The van der Waals surface area contributed by atoms with Gasteiger partial charge in [-0.2, -0.15) is 4.98 Å². The predicted molar refractivity (Wildman–Crippen MR) is 262 cm³/mol. The highest BCUT2D eigenvalue weighted by Crippen LogP contribution is 2.43. The molecule has 2 aromatic heterocycles. The smallest absolute Gasteiger partial charge is 0.412 e. The van der Waals surface area contributed by atoms with Crippen molar-refractivity contribution in [2.75, 3.05) is 66.4 Å². The number of hydrogen-bond acceptors (Lipinski definition) is 18. The minimum atomic E-state index is -2.00. The molecular formula is C49H77N11O10. The summed E-state index contributed by atoms with van der Waals surface area (Å²) in [4.78, 5) is 68.1. The second kappa shape index (κ2) is 23.0. The Morgan fingerprint density at radius 3 is 2.41 bits per heavy atom. The highest BCUT2D eigenvalue weighted by molar-refractivity contribution is 6.00. The van der Waals surface area contributed by atoms with Crippen LogP contribution in [-0.2, 0) is 45.5 Å². The van der Waals surface area contributed by atoms with E-state index < -0.39 is 83.4 Å². The molecule has 0 bridgehead atoms. The van der Waals surface area contributed by atoms with Gasteiger partial charge in [0.25, 0.3) is 5.72 Å². The number of nitrogen functional groups attached to an aromatic ring is 2. The van der Waals surface area contributed by atoms with Crippen LogP contribution < -0.4 is 22.5 Å². The fraction of sp³-hybridized carbons (Fsp3) is 0.694. The number of hydrogen-bond donors (Lipinski definition) is 4. The number of aryl methyl sites for hydroxylation is 1. The van der Waals surface area contributed by atoms with Crippen LogP contribution in [0.1, 0.15) is 80.1 Å². The number of carbonyl (C=O) groups excluding carboxylic acids is 3. The topological polar surface area (TPSA) is 257 Å². The van der Waals surface area contributed by atoms with Crippen molar-refractivity contribution < 1.29 is 43.2 Å². The molecule has 6 N–H and O–H groups in total. The lowest BCUT2D eigenvalue weighted by Crippen LogP contribution is -2.66. The van der Waals surface area contributed by atoms with Gasteiger partial charge >= 0.3 is 17.8 Å². The first-order chi connectivity index (χ1) is 33.1. The molecule has 3 fully saturated rings. The molecule has 6 rings (SSSR count). The summed E-state index contributed by atoms with van der Waals surface area (Å²) in [6.45, 7) is 12.3. The fourth-order valence-corrected chi connectivity index (χ4v) is 10.6. The molecule has 3 saturated heterocycles. The van der Waals surface area contributed by atoms with Gasteiger partial charge in [-0.25, -0.2) is 9.59 Å². The first kappa shape index (κ1) is 54.3. The lowest BCUT2D eigenvalue weighted by Gasteiger charge is -2.46. The molecule has 3 aromatic rings. The number of anilines is 2. The number of esters is 1. The second-order valence-corrected chi connectivity index (χ2v) is 20.3. The van der Waals surface area contributed by atoms with E-state index in [-0.39, 0.29) is 36.8 Å². The van der Waals surface area contributed by atoms with Crippen LogP contribution in [0.2, 0.25) is 0 Å². The third-order valence-electron chi connectivity index (χ3n) is 14.4. The van der Waals surface area contributed by atoms with Crippen molar-refractivity contribution >= 4 is 29.4 Å². The normalized spacial score (nSPS) is 32.6. The van der Waals surface area contributed by atoms with Crippen molar-refractivity contribution in [1.29, 1.82) is 0 Å². The van der Waals surface area contributed by atoms with Crippen molar-refractivity contribution in [3.63, 3.8) is 0 Å². The number of ether oxygens (including phenoxy) is 5. The van der Waals surface area contributed by atoms with Gasteiger partial charge in [0.05, 0.1) is 24.0 Å². The summed E-state index contributed by atoms with van der Waals surface area (Å²) >= 11 is 0. The standard InChI is InChI=1S/C49H77N11O10/c1-12-38-49(60-23-19-39(51)53-46(60)64)42(59(47(65)70-49)21-14-13-20-58-28-36(54-55-58)33-16-15-17-34(50)25-33)35(18-22-56(7)8)52-27-29(2)26-48(6,66-11)43(31(4)40(61)32(5)44(63)68-38)69-45-41(62)37(57(9)10)24-30(3)67-45/h15-17,19,23,25,28-32,35,37-38,41-43,45,52,62H,12-14,18,20-22,24,26-27,50H2,1-11H3,(H2,51,53,64)/t29-,30-,31+,32-,35-,37?,38-,41?,42-,43-,45+,48-,49-/m1/s1. The highest BCUT2D eigenvalue weighted by atomic mass is 16.7. The number of nitrogens with two attached hydrogens (primary N) is 2. The van der Waals surface area contributed by atoms with Crippen molar-refractivity contribution in [1.82, 2.24) is 44.6 Å². The molecule has 388 valence electrons. The Balaban J connectivity index is 1.41. The van der Waals surface area contributed by atoms with Gasteiger partial charge in [0.15, 0.2) is 18.2 Å². The molecule has 0 spiro atoms. The summed E-state index contributed by atoms with van der Waals surface area (Å²) in [7, 11) is 9.22. The SMILES string of the molecule is CC[C@H]1OC(=O)[C@H](C)C(=O)[C@H](C)[C@@H](O[C@@H]2O[C@H](C)CC(N(C)C)C2O)[C@](C)(OC)C[C@@H](C)CN[C@H](CCN(C)C)[C@H]2N(CCCCn3cc(-c4cccc(N)c4)nn3)C(=O)O[C@]12n1ccc(N)nc1=O. The van der Waals surface area contributed by atoms with Gasteiger partial charge < -0.3 is 55.4 Å². The Morgan fingerprint density at radius 2 is 1.76 bits per heavy atom. The molecular weight excluding hydrogens is 903 g/mol. The zero-order valence-corrected chi connectivity index (χ0v) is 42.8. The number of nitrogens with zero attached hydrogens (tertiary/aromatic N) is 8. The van der Waals surface area contributed by atoms with E-state index in [9.17, 15) is 24.3 Å². The number of nitrogens with one attached hydrogen (secondary N) is 1. The maximum absolute atomic E-state index is 14.8. The van der Waals surface area contributed by atoms with E-state index >= 15 is 0 Å². The number of aromatic nitrogens is 5. The molecule has 21 nitrogen and oxygen atoms in total. The molecule has 3 aliphatic heterocycles. The number of fused-ring (bicyclic) bond motifs is 1. The minimum Gasteiger partial charge on any atom is -0.455 e. The zero-order valence-electron chi connectivity index (χ0n) is 42.8. The monoisotopic (exact) mass is 980 g/mol. The van der Waals surface area contributed by atoms with Gasteiger partial charge in [0.2, 0.25) is 0 Å². The van der Waals surface area contributed by atoms with Crippen LogP contribution in [0.15, 0.2) is 47.5 Å². The summed E-state index contributed by atoms with van der Waals surface area (Å²) in [5.74, 6) is -3.97. The number of benzene rings is 1. The number of aliphatic hydroxyl groups excluding tert-OH is 1. The average Bonchev–Trinajstić information content (AvgIpc) is 3.90. The van der Waals surface area contributed by atoms with Crippen LogP contribution in [0, 0.1) is 17.8 Å². The number of Topliss-reactive ketones (excluding diaryl/α,β-unsaturated/α-hetero) is 1. The van der Waals surface area contributed by atoms with Gasteiger partial charge in [0, 0.05) is 55.6 Å². The van der Waals surface area contributed by atoms with E-state index in [0.717, 1.165) is 5.56 Å². The van der Waals surface area contributed by atoms with E-state index in [2.05, 4.69) is 20.6 Å². The van der Waals surface area contributed by atoms with E-state index in [1.54, 1.807) is 36.6 Å². The summed E-state index contributed by atoms with van der Waals surface area (Å²) in [5, 5.41) is 24.1. The van der Waals surface area contributed by atoms with Gasteiger partial charge in [-0.15, -0.1) is 5.10 Å². The quantitative estimate of drug-likeness (QED) is 0.0739. The molecule has 0 saturated carbocycles. The predicted octanol–water partition coefficient (Wildman–Crippen LogP) is 2.95. The molecule has 1 aromatic carbocycles. The average molecular weight is 980 g/mol. The number of rotatable bonds is 15.